The molecule has 0 aliphatic carbocycles. The molecule has 0 atom stereocenters. The standard InChI is InChI=1S/C43H34N4Si/c1-48(2,3)38-24-22-31(23-25-38)39-16-9-17-40(44-39)34-14-8-15-35(28-34)41-45-42(36-20-18-29-10-4-6-12-32(29)26-36)47-43(46-41)37-21-19-30-11-5-7-13-33(30)27-37/h4-28H,1-3H3. The van der Waals surface area contributed by atoms with Crippen molar-refractivity contribution >= 4 is 34.8 Å². The summed E-state index contributed by atoms with van der Waals surface area (Å²) >= 11 is 0. The summed E-state index contributed by atoms with van der Waals surface area (Å²) in [5.41, 5.74) is 6.79. The van der Waals surface area contributed by atoms with Gasteiger partial charge in [-0.1, -0.05) is 146 Å². The zero-order chi connectivity index (χ0) is 32.7. The first-order valence-electron chi connectivity index (χ1n) is 16.3. The zero-order valence-electron chi connectivity index (χ0n) is 27.2. The van der Waals surface area contributed by atoms with E-state index in [1.54, 1.807) is 0 Å². The van der Waals surface area contributed by atoms with Crippen LogP contribution in [-0.4, -0.2) is 28.0 Å². The Morgan fingerprint density at radius 3 is 1.31 bits per heavy atom. The fourth-order valence-corrected chi connectivity index (χ4v) is 7.30. The maximum atomic E-state index is 5.09. The third-order valence-corrected chi connectivity index (χ3v) is 10.9. The van der Waals surface area contributed by atoms with E-state index in [-0.39, 0.29) is 0 Å². The summed E-state index contributed by atoms with van der Waals surface area (Å²) < 4.78 is 0. The van der Waals surface area contributed by atoms with Gasteiger partial charge in [0.1, 0.15) is 0 Å². The molecule has 230 valence electrons. The summed E-state index contributed by atoms with van der Waals surface area (Å²) in [5.74, 6) is 1.90. The number of fused-ring (bicyclic) bond motifs is 2. The Balaban J connectivity index is 1.22. The molecule has 0 saturated heterocycles. The maximum Gasteiger partial charge on any atom is 0.164 e. The van der Waals surface area contributed by atoms with E-state index in [0.717, 1.165) is 50.0 Å². The molecule has 0 fully saturated rings. The van der Waals surface area contributed by atoms with Crippen molar-refractivity contribution in [2.45, 2.75) is 19.6 Å². The van der Waals surface area contributed by atoms with Crippen LogP contribution in [0.25, 0.3) is 78.2 Å². The molecule has 0 unspecified atom stereocenters. The van der Waals surface area contributed by atoms with Gasteiger partial charge in [0.15, 0.2) is 17.5 Å². The lowest BCUT2D eigenvalue weighted by Gasteiger charge is -2.16. The van der Waals surface area contributed by atoms with Crippen molar-refractivity contribution in [3.63, 3.8) is 0 Å². The number of aromatic nitrogens is 4. The van der Waals surface area contributed by atoms with E-state index in [4.69, 9.17) is 19.9 Å². The third kappa shape index (κ3) is 5.92. The lowest BCUT2D eigenvalue weighted by Crippen LogP contribution is -2.37. The minimum atomic E-state index is -1.37. The molecular weight excluding hydrogens is 601 g/mol. The van der Waals surface area contributed by atoms with Crippen LogP contribution in [0.3, 0.4) is 0 Å². The quantitative estimate of drug-likeness (QED) is 0.171. The van der Waals surface area contributed by atoms with Gasteiger partial charge in [0.05, 0.1) is 19.5 Å². The normalized spacial score (nSPS) is 11.6. The molecule has 2 aromatic heterocycles. The van der Waals surface area contributed by atoms with E-state index >= 15 is 0 Å². The molecule has 8 aromatic rings. The number of pyridine rings is 1. The van der Waals surface area contributed by atoms with Gasteiger partial charge >= 0.3 is 0 Å². The molecule has 6 aromatic carbocycles. The molecule has 0 aliphatic heterocycles. The smallest absolute Gasteiger partial charge is 0.164 e. The summed E-state index contributed by atoms with van der Waals surface area (Å²) in [6.45, 7) is 7.11. The number of benzene rings is 6. The van der Waals surface area contributed by atoms with Gasteiger partial charge in [-0.05, 0) is 51.9 Å². The van der Waals surface area contributed by atoms with E-state index in [9.17, 15) is 0 Å². The van der Waals surface area contributed by atoms with Crippen LogP contribution >= 0.6 is 0 Å². The van der Waals surface area contributed by atoms with E-state index in [1.165, 1.54) is 16.0 Å². The molecule has 8 rings (SSSR count). The van der Waals surface area contributed by atoms with Crippen LogP contribution in [0, 0.1) is 0 Å². The predicted molar refractivity (Wildman–Crippen MR) is 203 cm³/mol. The molecule has 2 heterocycles. The van der Waals surface area contributed by atoms with Crippen LogP contribution in [0.2, 0.25) is 19.6 Å². The highest BCUT2D eigenvalue weighted by atomic mass is 28.3. The molecule has 0 N–H and O–H groups in total. The first-order valence-corrected chi connectivity index (χ1v) is 19.8. The van der Waals surface area contributed by atoms with Gasteiger partial charge in [0.25, 0.3) is 0 Å². The highest BCUT2D eigenvalue weighted by molar-refractivity contribution is 6.88. The lowest BCUT2D eigenvalue weighted by atomic mass is 10.0. The number of nitrogens with zero attached hydrogens (tertiary/aromatic N) is 4. The Bertz CT molecular complexity index is 2350. The van der Waals surface area contributed by atoms with Gasteiger partial charge in [-0.25, -0.2) is 19.9 Å². The molecule has 4 nitrogen and oxygen atoms in total. The fraction of sp³-hybridized carbons (Fsp3) is 0.0698. The topological polar surface area (TPSA) is 51.6 Å². The Morgan fingerprint density at radius 2 is 0.771 bits per heavy atom. The second-order valence-corrected chi connectivity index (χ2v) is 18.3. The molecule has 48 heavy (non-hydrogen) atoms. The second-order valence-electron chi connectivity index (χ2n) is 13.2. The van der Waals surface area contributed by atoms with E-state index in [0.29, 0.717) is 17.5 Å². The van der Waals surface area contributed by atoms with Crippen molar-refractivity contribution in [2.75, 3.05) is 0 Å². The molecule has 0 amide bonds. The fourth-order valence-electron chi connectivity index (χ4n) is 6.13. The van der Waals surface area contributed by atoms with Crippen LogP contribution < -0.4 is 5.19 Å². The first kappa shape index (κ1) is 29.6. The van der Waals surface area contributed by atoms with Crippen LogP contribution in [0.4, 0.5) is 0 Å². The SMILES string of the molecule is C[Si](C)(C)c1ccc(-c2cccc(-c3cccc(-c4nc(-c5ccc6ccccc6c5)nc(-c5ccc6ccccc6c5)n4)c3)n2)cc1. The molecule has 0 bridgehead atoms. The van der Waals surface area contributed by atoms with Crippen molar-refractivity contribution in [3.05, 3.63) is 152 Å². The van der Waals surface area contributed by atoms with Gasteiger partial charge in [0, 0.05) is 27.8 Å². The zero-order valence-corrected chi connectivity index (χ0v) is 28.2. The second kappa shape index (κ2) is 12.1. The number of hydrogen-bond acceptors (Lipinski definition) is 4. The molecular formula is C43H34N4Si. The predicted octanol–water partition coefficient (Wildman–Crippen LogP) is 10.5. The van der Waals surface area contributed by atoms with E-state index < -0.39 is 8.07 Å². The van der Waals surface area contributed by atoms with Crippen LogP contribution in [-0.2, 0) is 0 Å². The minimum absolute atomic E-state index is 0.622. The molecule has 0 radical (unpaired) electrons. The Kier molecular flexibility index (Phi) is 7.47. The highest BCUT2D eigenvalue weighted by Crippen LogP contribution is 2.31. The third-order valence-electron chi connectivity index (χ3n) is 8.86. The average molecular weight is 635 g/mol. The molecule has 5 heteroatoms. The minimum Gasteiger partial charge on any atom is -0.248 e. The van der Waals surface area contributed by atoms with Crippen LogP contribution in [0.5, 0.6) is 0 Å². The molecule has 0 aliphatic rings. The van der Waals surface area contributed by atoms with Gasteiger partial charge in [-0.3, -0.25) is 0 Å². The summed E-state index contributed by atoms with van der Waals surface area (Å²) in [7, 11) is -1.37. The summed E-state index contributed by atoms with van der Waals surface area (Å²) in [4.78, 5) is 20.2. The average Bonchev–Trinajstić information content (AvgIpc) is 3.14. The van der Waals surface area contributed by atoms with Gasteiger partial charge < -0.3 is 0 Å². The van der Waals surface area contributed by atoms with E-state index in [2.05, 4.69) is 171 Å². The van der Waals surface area contributed by atoms with Crippen molar-refractivity contribution in [2.24, 2.45) is 0 Å². The number of rotatable bonds is 6. The Hall–Kier alpha value is -5.78. The summed E-state index contributed by atoms with van der Waals surface area (Å²) in [5, 5.41) is 6.09. The van der Waals surface area contributed by atoms with Crippen molar-refractivity contribution in [1.82, 2.24) is 19.9 Å². The number of hydrogen-bond donors (Lipinski definition) is 0. The van der Waals surface area contributed by atoms with Gasteiger partial charge in [-0.2, -0.15) is 0 Å². The molecule has 0 saturated carbocycles. The van der Waals surface area contributed by atoms with E-state index in [1.807, 2.05) is 0 Å². The molecule has 0 spiro atoms. The van der Waals surface area contributed by atoms with Crippen LogP contribution in [0.1, 0.15) is 0 Å². The van der Waals surface area contributed by atoms with Crippen molar-refractivity contribution < 1.29 is 0 Å². The monoisotopic (exact) mass is 634 g/mol. The highest BCUT2D eigenvalue weighted by Gasteiger charge is 2.17. The Morgan fingerprint density at radius 1 is 0.333 bits per heavy atom. The van der Waals surface area contributed by atoms with Crippen LogP contribution in [0.15, 0.2) is 152 Å². The Labute approximate surface area is 281 Å². The van der Waals surface area contributed by atoms with Crippen molar-refractivity contribution in [1.29, 1.82) is 0 Å². The largest absolute Gasteiger partial charge is 0.248 e. The van der Waals surface area contributed by atoms with Crippen molar-refractivity contribution in [3.8, 4) is 56.7 Å². The van der Waals surface area contributed by atoms with Gasteiger partial charge in [-0.15, -0.1) is 0 Å². The maximum absolute atomic E-state index is 5.09. The first-order chi connectivity index (χ1) is 23.4. The lowest BCUT2D eigenvalue weighted by molar-refractivity contribution is 1.07. The summed E-state index contributed by atoms with van der Waals surface area (Å²) in [6, 6.07) is 52.9. The summed E-state index contributed by atoms with van der Waals surface area (Å²) in [6.07, 6.45) is 0. The van der Waals surface area contributed by atoms with Gasteiger partial charge in [0.2, 0.25) is 0 Å².